The number of thiocarbonyl (C=S) groups is 1. The molecule has 1 aliphatic rings. The molecule has 2 rings (SSSR count). The van der Waals surface area contributed by atoms with E-state index in [0.717, 1.165) is 5.56 Å². The number of hydrogen-bond donors (Lipinski definition) is 1. The van der Waals surface area contributed by atoms with Gasteiger partial charge in [-0.1, -0.05) is 12.1 Å². The largest absolute Gasteiger partial charge is 0.452 e. The van der Waals surface area contributed by atoms with Crippen LogP contribution < -0.4 is 10.5 Å². The van der Waals surface area contributed by atoms with Crippen molar-refractivity contribution in [2.45, 2.75) is 6.61 Å². The number of anilines is 1. The standard InChI is InChI=1S/C8H7NO2S/c9-6-3-1-2-5-4-10-8(12)11-7(5)6/h1-3H,4,9H2. The van der Waals surface area contributed by atoms with Gasteiger partial charge >= 0.3 is 5.24 Å². The lowest BCUT2D eigenvalue weighted by Crippen LogP contribution is -2.17. The van der Waals surface area contributed by atoms with Crippen LogP contribution in [0.5, 0.6) is 5.75 Å². The average Bonchev–Trinajstić information content (AvgIpc) is 2.07. The highest BCUT2D eigenvalue weighted by atomic mass is 32.1. The molecule has 1 aliphatic heterocycles. The second kappa shape index (κ2) is 2.64. The van der Waals surface area contributed by atoms with Gasteiger partial charge in [0.05, 0.1) is 5.69 Å². The molecule has 1 aromatic carbocycles. The molecule has 12 heavy (non-hydrogen) atoms. The molecule has 1 aromatic rings. The van der Waals surface area contributed by atoms with Gasteiger partial charge in [-0.05, 0) is 6.07 Å². The zero-order chi connectivity index (χ0) is 8.55. The van der Waals surface area contributed by atoms with Crippen molar-refractivity contribution in [1.82, 2.24) is 0 Å². The second-order valence-electron chi connectivity index (χ2n) is 2.48. The number of ether oxygens (including phenoxy) is 2. The van der Waals surface area contributed by atoms with Crippen molar-refractivity contribution in [1.29, 1.82) is 0 Å². The van der Waals surface area contributed by atoms with E-state index in [1.54, 1.807) is 6.07 Å². The van der Waals surface area contributed by atoms with Crippen LogP contribution in [0, 0.1) is 0 Å². The van der Waals surface area contributed by atoms with E-state index in [1.165, 1.54) is 0 Å². The minimum absolute atomic E-state index is 0.139. The number of nitrogen functional groups attached to an aromatic ring is 1. The number of nitrogens with two attached hydrogens (primary N) is 1. The van der Waals surface area contributed by atoms with Gasteiger partial charge in [0.1, 0.15) is 6.61 Å². The Hall–Kier alpha value is -1.29. The summed E-state index contributed by atoms with van der Waals surface area (Å²) < 4.78 is 10.2. The van der Waals surface area contributed by atoms with Crippen molar-refractivity contribution in [3.63, 3.8) is 0 Å². The maximum atomic E-state index is 5.66. The Bertz CT molecular complexity index is 338. The van der Waals surface area contributed by atoms with E-state index in [9.17, 15) is 0 Å². The molecule has 0 unspecified atom stereocenters. The van der Waals surface area contributed by atoms with Crippen LogP contribution >= 0.6 is 12.2 Å². The first-order valence-corrected chi connectivity index (χ1v) is 3.90. The molecule has 2 N–H and O–H groups in total. The third kappa shape index (κ3) is 1.10. The Labute approximate surface area is 75.1 Å². The van der Waals surface area contributed by atoms with Gasteiger partial charge in [0, 0.05) is 17.8 Å². The summed E-state index contributed by atoms with van der Waals surface area (Å²) in [4.78, 5) is 0. The van der Waals surface area contributed by atoms with Crippen LogP contribution in [0.1, 0.15) is 5.56 Å². The van der Waals surface area contributed by atoms with E-state index < -0.39 is 0 Å². The minimum atomic E-state index is 0.139. The predicted molar refractivity (Wildman–Crippen MR) is 48.9 cm³/mol. The third-order valence-corrected chi connectivity index (χ3v) is 1.86. The van der Waals surface area contributed by atoms with Crippen LogP contribution in [0.3, 0.4) is 0 Å². The Morgan fingerprint density at radius 1 is 1.42 bits per heavy atom. The molecule has 0 saturated heterocycles. The monoisotopic (exact) mass is 181 g/mol. The van der Waals surface area contributed by atoms with Gasteiger partial charge in [-0.25, -0.2) is 0 Å². The van der Waals surface area contributed by atoms with E-state index in [0.29, 0.717) is 18.0 Å². The molecule has 3 nitrogen and oxygen atoms in total. The summed E-state index contributed by atoms with van der Waals surface area (Å²) in [6.07, 6.45) is 0. The predicted octanol–water partition coefficient (Wildman–Crippen LogP) is 1.46. The van der Waals surface area contributed by atoms with Crippen molar-refractivity contribution >= 4 is 23.1 Å². The lowest BCUT2D eigenvalue weighted by molar-refractivity contribution is 0.211. The zero-order valence-electron chi connectivity index (χ0n) is 6.24. The molecule has 4 heteroatoms. The quantitative estimate of drug-likeness (QED) is 0.486. The molecule has 0 fully saturated rings. The summed E-state index contributed by atoms with van der Waals surface area (Å²) in [5.74, 6) is 0.633. The Morgan fingerprint density at radius 2 is 2.25 bits per heavy atom. The summed E-state index contributed by atoms with van der Waals surface area (Å²) in [5.41, 5.74) is 7.19. The Balaban J connectivity index is 2.50. The number of benzene rings is 1. The fraction of sp³-hybridized carbons (Fsp3) is 0.125. The molecule has 0 aliphatic carbocycles. The minimum Gasteiger partial charge on any atom is -0.452 e. The van der Waals surface area contributed by atoms with Crippen molar-refractivity contribution in [2.24, 2.45) is 0 Å². The molecular formula is C8H7NO2S. The maximum Gasteiger partial charge on any atom is 0.358 e. The molecule has 62 valence electrons. The Kier molecular flexibility index (Phi) is 1.62. The van der Waals surface area contributed by atoms with Crippen LogP contribution in [0.2, 0.25) is 0 Å². The van der Waals surface area contributed by atoms with E-state index in [4.69, 9.17) is 27.4 Å². The van der Waals surface area contributed by atoms with Crippen molar-refractivity contribution in [3.8, 4) is 5.75 Å². The molecule has 0 radical (unpaired) electrons. The van der Waals surface area contributed by atoms with Crippen molar-refractivity contribution in [2.75, 3.05) is 5.73 Å². The van der Waals surface area contributed by atoms with E-state index >= 15 is 0 Å². The molecule has 1 heterocycles. The van der Waals surface area contributed by atoms with Gasteiger partial charge in [0.2, 0.25) is 0 Å². The fourth-order valence-corrected chi connectivity index (χ4v) is 1.23. The van der Waals surface area contributed by atoms with Gasteiger partial charge in [-0.2, -0.15) is 0 Å². The molecule has 0 amide bonds. The van der Waals surface area contributed by atoms with Gasteiger partial charge in [-0.15, -0.1) is 0 Å². The topological polar surface area (TPSA) is 44.5 Å². The zero-order valence-corrected chi connectivity index (χ0v) is 7.06. The molecule has 0 bridgehead atoms. The highest BCUT2D eigenvalue weighted by molar-refractivity contribution is 7.79. The van der Waals surface area contributed by atoms with Gasteiger partial charge in [0.15, 0.2) is 5.75 Å². The second-order valence-corrected chi connectivity index (χ2v) is 2.81. The fourth-order valence-electron chi connectivity index (χ4n) is 1.09. The summed E-state index contributed by atoms with van der Waals surface area (Å²) in [7, 11) is 0. The number of fused-ring (bicyclic) bond motifs is 1. The molecule has 0 saturated carbocycles. The molecule has 0 aromatic heterocycles. The Morgan fingerprint density at radius 3 is 3.08 bits per heavy atom. The lowest BCUT2D eigenvalue weighted by atomic mass is 10.2. The van der Waals surface area contributed by atoms with Crippen LogP contribution in [-0.2, 0) is 11.3 Å². The van der Waals surface area contributed by atoms with Crippen LogP contribution in [0.4, 0.5) is 5.69 Å². The van der Waals surface area contributed by atoms with E-state index in [1.807, 2.05) is 12.1 Å². The normalized spacial score (nSPS) is 14.5. The van der Waals surface area contributed by atoms with Crippen molar-refractivity contribution in [3.05, 3.63) is 23.8 Å². The number of para-hydroxylation sites is 1. The van der Waals surface area contributed by atoms with Crippen LogP contribution in [0.25, 0.3) is 0 Å². The van der Waals surface area contributed by atoms with Crippen molar-refractivity contribution < 1.29 is 9.47 Å². The molecular weight excluding hydrogens is 174 g/mol. The van der Waals surface area contributed by atoms with Gasteiger partial charge in [-0.3, -0.25) is 0 Å². The van der Waals surface area contributed by atoms with E-state index in [2.05, 4.69) is 0 Å². The first-order valence-electron chi connectivity index (χ1n) is 3.49. The summed E-state index contributed by atoms with van der Waals surface area (Å²) in [5, 5.41) is 0.139. The summed E-state index contributed by atoms with van der Waals surface area (Å²) in [6.45, 7) is 0.444. The maximum absolute atomic E-state index is 5.66. The van der Waals surface area contributed by atoms with E-state index in [-0.39, 0.29) is 5.24 Å². The summed E-state index contributed by atoms with van der Waals surface area (Å²) in [6, 6.07) is 5.52. The summed E-state index contributed by atoms with van der Waals surface area (Å²) >= 11 is 4.74. The number of hydrogen-bond acceptors (Lipinski definition) is 4. The first kappa shape index (κ1) is 7.36. The highest BCUT2D eigenvalue weighted by Gasteiger charge is 2.16. The number of rotatable bonds is 0. The third-order valence-electron chi connectivity index (χ3n) is 1.66. The van der Waals surface area contributed by atoms with Crippen LogP contribution in [-0.4, -0.2) is 5.24 Å². The van der Waals surface area contributed by atoms with Crippen LogP contribution in [0.15, 0.2) is 18.2 Å². The first-order chi connectivity index (χ1) is 5.77. The molecule has 0 atom stereocenters. The smallest absolute Gasteiger partial charge is 0.358 e. The highest BCUT2D eigenvalue weighted by Crippen LogP contribution is 2.30. The van der Waals surface area contributed by atoms with Gasteiger partial charge in [0.25, 0.3) is 0 Å². The van der Waals surface area contributed by atoms with Gasteiger partial charge < -0.3 is 15.2 Å². The lowest BCUT2D eigenvalue weighted by Gasteiger charge is -2.18. The average molecular weight is 181 g/mol. The SMILES string of the molecule is Nc1cccc2c1OC(=S)OC2. The molecule has 0 spiro atoms.